The van der Waals surface area contributed by atoms with Crippen molar-refractivity contribution in [2.24, 2.45) is 0 Å². The molecule has 3 aromatic rings. The summed E-state index contributed by atoms with van der Waals surface area (Å²) in [5.41, 5.74) is 0. The van der Waals surface area contributed by atoms with Crippen molar-refractivity contribution in [2.45, 2.75) is 13.1 Å². The molecule has 5 heteroatoms. The Bertz CT molecular complexity index is 578. The van der Waals surface area contributed by atoms with Gasteiger partial charge in [0, 0.05) is 8.80 Å². The van der Waals surface area contributed by atoms with Gasteiger partial charge in [-0.1, -0.05) is 73.8 Å². The number of benzene rings is 2. The molecule has 0 aliphatic carbocycles. The topological polar surface area (TPSA) is 0 Å². The molecule has 0 aromatic heterocycles. The van der Waals surface area contributed by atoms with Gasteiger partial charge in [-0.2, -0.15) is 18.2 Å². The van der Waals surface area contributed by atoms with Gasteiger partial charge in [-0.05, 0) is 24.3 Å². The minimum absolute atomic E-state index is 0. The van der Waals surface area contributed by atoms with Crippen LogP contribution in [-0.2, 0) is 17.0 Å². The fourth-order valence-electron chi connectivity index (χ4n) is 2.18. The summed E-state index contributed by atoms with van der Waals surface area (Å²) >= 11 is -0.556. The minimum Gasteiger partial charge on any atom is -0.214 e. The van der Waals surface area contributed by atoms with Gasteiger partial charge in [-0.25, -0.2) is 12.1 Å². The molecule has 3 rings (SSSR count). The molecule has 0 fully saturated rings. The van der Waals surface area contributed by atoms with Gasteiger partial charge in [0.15, 0.2) is 0 Å². The van der Waals surface area contributed by atoms with E-state index < -0.39 is 17.0 Å². The summed E-state index contributed by atoms with van der Waals surface area (Å²) in [6.45, 7) is 4.82. The molecule has 0 spiro atoms. The van der Waals surface area contributed by atoms with Crippen molar-refractivity contribution in [1.82, 2.24) is 0 Å². The normalized spacial score (nSPS) is 8.34. The van der Waals surface area contributed by atoms with Gasteiger partial charge in [-0.3, -0.25) is 0 Å². The molecule has 0 saturated carbocycles. The Morgan fingerprint density at radius 3 is 1.31 bits per heavy atom. The number of rotatable bonds is 4. The van der Waals surface area contributed by atoms with E-state index in [1.54, 1.807) is 0 Å². The molecule has 0 heterocycles. The zero-order chi connectivity index (χ0) is 18.3. The Balaban J connectivity index is -0.000000223. The Labute approximate surface area is 201 Å². The standard InChI is InChI=1S/C15H18PSi.C5H5.4CH3.2ClH.Ti/c1-17(2)13-16(14-9-5-3-6-10-14)15-11-7-4-8-12-15;1-2-4-5-3-1;;;;;;;/h3-12H,13H2,1-2H3;1-5H;4*1H3;2*1H;/q;5*-1;;;+2/p-2. The van der Waals surface area contributed by atoms with E-state index in [1.807, 2.05) is 30.3 Å². The van der Waals surface area contributed by atoms with Gasteiger partial charge in [-0.15, -0.1) is 0 Å². The van der Waals surface area contributed by atoms with Crippen molar-refractivity contribution >= 4 is 45.9 Å². The van der Waals surface area contributed by atoms with Crippen LogP contribution >= 0.6 is 26.5 Å². The fourth-order valence-corrected chi connectivity index (χ4v) is 7.54. The average molecular weight is 501 g/mol. The number of hydrogen-bond donors (Lipinski definition) is 0. The van der Waals surface area contributed by atoms with Crippen molar-refractivity contribution in [1.29, 1.82) is 0 Å². The van der Waals surface area contributed by atoms with Crippen LogP contribution in [0.1, 0.15) is 0 Å². The molecule has 0 nitrogen and oxygen atoms in total. The van der Waals surface area contributed by atoms with E-state index in [9.17, 15) is 0 Å². The van der Waals surface area contributed by atoms with Crippen molar-refractivity contribution in [3.63, 3.8) is 0 Å². The average Bonchev–Trinajstić information content (AvgIpc) is 3.22. The maximum absolute atomic E-state index is 4.89. The van der Waals surface area contributed by atoms with E-state index in [2.05, 4.69) is 73.8 Å². The number of hydrogen-bond acceptors (Lipinski definition) is 0. The fraction of sp³-hybridized carbons (Fsp3) is 0.125. The summed E-state index contributed by atoms with van der Waals surface area (Å²) in [4.78, 5) is 0. The second kappa shape index (κ2) is 24.0. The largest absolute Gasteiger partial charge is 0.214 e. The maximum Gasteiger partial charge on any atom is -0.172 e. The zero-order valence-electron chi connectivity index (χ0n) is 18.6. The van der Waals surface area contributed by atoms with Crippen molar-refractivity contribution < 1.29 is 17.0 Å². The molecule has 0 aliphatic heterocycles. The molecule has 0 unspecified atom stereocenters. The molecule has 0 atom stereocenters. The van der Waals surface area contributed by atoms with Crippen LogP contribution in [0.4, 0.5) is 0 Å². The van der Waals surface area contributed by atoms with E-state index in [-0.39, 0.29) is 46.4 Å². The summed E-state index contributed by atoms with van der Waals surface area (Å²) in [6.07, 6.45) is 0. The molecule has 29 heavy (non-hydrogen) atoms. The molecule has 0 amide bonds. The van der Waals surface area contributed by atoms with Gasteiger partial charge in [0.25, 0.3) is 0 Å². The van der Waals surface area contributed by atoms with E-state index >= 15 is 0 Å². The molecule has 0 bridgehead atoms. The predicted molar refractivity (Wildman–Crippen MR) is 141 cm³/mol. The molecule has 163 valence electrons. The van der Waals surface area contributed by atoms with E-state index in [1.165, 1.54) is 16.4 Å². The van der Waals surface area contributed by atoms with Crippen LogP contribution in [0, 0.1) is 29.7 Å². The summed E-state index contributed by atoms with van der Waals surface area (Å²) < 4.78 is 0. The van der Waals surface area contributed by atoms with Crippen molar-refractivity contribution in [3.8, 4) is 0 Å². The Morgan fingerprint density at radius 2 is 1.07 bits per heavy atom. The van der Waals surface area contributed by atoms with E-state index in [0.29, 0.717) is 0 Å². The van der Waals surface area contributed by atoms with Crippen LogP contribution < -0.4 is 10.6 Å². The van der Waals surface area contributed by atoms with E-state index in [0.717, 1.165) is 0 Å². The van der Waals surface area contributed by atoms with Crippen LogP contribution in [0.3, 0.4) is 0 Å². The molecule has 0 aliphatic rings. The van der Waals surface area contributed by atoms with Gasteiger partial charge in [0.05, 0.1) is 0 Å². The third-order valence-electron chi connectivity index (χ3n) is 3.17. The Hall–Kier alpha value is -0.269. The first kappa shape index (κ1) is 36.1. The number of halogens is 2. The van der Waals surface area contributed by atoms with Crippen LogP contribution in [0.2, 0.25) is 13.1 Å². The van der Waals surface area contributed by atoms with Crippen LogP contribution in [0.25, 0.3) is 0 Å². The smallest absolute Gasteiger partial charge is 0.172 e. The Kier molecular flexibility index (Phi) is 29.9. The maximum atomic E-state index is 4.89. The van der Waals surface area contributed by atoms with Gasteiger partial charge in [0.2, 0.25) is 0 Å². The van der Waals surface area contributed by atoms with E-state index in [4.69, 9.17) is 18.6 Å². The third-order valence-corrected chi connectivity index (χ3v) is 8.80. The minimum atomic E-state index is -0.556. The summed E-state index contributed by atoms with van der Waals surface area (Å²) in [7, 11) is 9.43. The first-order valence-electron chi connectivity index (χ1n) is 7.98. The summed E-state index contributed by atoms with van der Waals surface area (Å²) in [5, 5.41) is 3.03. The predicted octanol–water partition coefficient (Wildman–Crippen LogP) is 8.00. The Morgan fingerprint density at radius 1 is 0.724 bits per heavy atom. The van der Waals surface area contributed by atoms with Crippen molar-refractivity contribution in [3.05, 3.63) is 121 Å². The molecule has 1 radical (unpaired) electrons. The van der Waals surface area contributed by atoms with Crippen molar-refractivity contribution in [2.75, 3.05) is 5.79 Å². The van der Waals surface area contributed by atoms with Crippen LogP contribution in [0.5, 0.6) is 0 Å². The first-order chi connectivity index (χ1) is 12.2. The second-order valence-electron chi connectivity index (χ2n) is 5.50. The van der Waals surface area contributed by atoms with Gasteiger partial charge >= 0.3 is 35.6 Å². The van der Waals surface area contributed by atoms with Gasteiger partial charge in [0.1, 0.15) is 0 Å². The SMILES string of the molecule is C[Si](C)CP(c1ccccc1)c1ccccc1.[CH3-].[CH3-].[CH3-].[CH3-].[Cl][Ti][Cl].c1cc[cH-]c1. The third kappa shape index (κ3) is 17.1. The summed E-state index contributed by atoms with van der Waals surface area (Å²) in [5.74, 6) is 1.37. The summed E-state index contributed by atoms with van der Waals surface area (Å²) in [6, 6.07) is 32.0. The molecule has 0 N–H and O–H groups in total. The molecule has 0 saturated heterocycles. The molecule has 3 aromatic carbocycles. The van der Waals surface area contributed by atoms with Crippen LogP contribution in [-0.4, -0.2) is 14.6 Å². The zero-order valence-corrected chi connectivity index (χ0v) is 23.5. The quantitative estimate of drug-likeness (QED) is 0.193. The monoisotopic (exact) mass is 500 g/mol. The molecular formula is C24H35Cl2PSiTi-5. The van der Waals surface area contributed by atoms with Gasteiger partial charge < -0.3 is 29.7 Å². The molecular weight excluding hydrogens is 466 g/mol. The second-order valence-corrected chi connectivity index (χ2v) is 13.6. The first-order valence-corrected chi connectivity index (χ1v) is 16.5. The van der Waals surface area contributed by atoms with Crippen LogP contribution in [0.15, 0.2) is 91.0 Å².